The molecule has 84 valence electrons. The molecule has 0 radical (unpaired) electrons. The van der Waals surface area contributed by atoms with Crippen molar-refractivity contribution < 1.29 is 19.4 Å². The van der Waals surface area contributed by atoms with Crippen LogP contribution < -0.4 is 0 Å². The highest BCUT2D eigenvalue weighted by Gasteiger charge is 2.28. The number of morpholine rings is 1. The second-order valence-corrected chi connectivity index (χ2v) is 3.36. The Morgan fingerprint density at radius 2 is 2.33 bits per heavy atom. The van der Waals surface area contributed by atoms with Crippen LogP contribution in [0.1, 0.15) is 12.8 Å². The van der Waals surface area contributed by atoms with Gasteiger partial charge < -0.3 is 14.7 Å². The lowest BCUT2D eigenvalue weighted by Gasteiger charge is -2.30. The van der Waals surface area contributed by atoms with Crippen molar-refractivity contribution in [2.24, 2.45) is 0 Å². The Morgan fingerprint density at radius 1 is 1.60 bits per heavy atom. The first-order valence-electron chi connectivity index (χ1n) is 4.88. The molecule has 1 atom stereocenters. The maximum absolute atomic E-state index is 11.6. The molecule has 0 aromatic heterocycles. The normalized spacial score (nSPS) is 21.1. The summed E-state index contributed by atoms with van der Waals surface area (Å²) in [7, 11) is 0. The predicted molar refractivity (Wildman–Crippen MR) is 53.4 cm³/mol. The summed E-state index contributed by atoms with van der Waals surface area (Å²) >= 11 is 0. The molecule has 15 heavy (non-hydrogen) atoms. The van der Waals surface area contributed by atoms with Gasteiger partial charge in [0.2, 0.25) is 5.91 Å². The van der Waals surface area contributed by atoms with E-state index in [9.17, 15) is 9.59 Å². The first kappa shape index (κ1) is 11.7. The molecule has 0 bridgehead atoms. The quantitative estimate of drug-likeness (QED) is 0.680. The van der Waals surface area contributed by atoms with Crippen LogP contribution in [0.3, 0.4) is 0 Å². The minimum absolute atomic E-state index is 0.0375. The number of hydrogen-bond acceptors (Lipinski definition) is 3. The van der Waals surface area contributed by atoms with Crippen LogP contribution in [0.25, 0.3) is 0 Å². The van der Waals surface area contributed by atoms with Crippen molar-refractivity contribution in [1.29, 1.82) is 0 Å². The molecule has 0 aromatic rings. The van der Waals surface area contributed by atoms with Crippen molar-refractivity contribution in [3.05, 3.63) is 12.7 Å². The Kier molecular flexibility index (Phi) is 4.30. The SMILES string of the molecule is C=CCCC(=O)N1CCOC(C(=O)O)C1. The number of carboxylic acid groups (broad SMARTS) is 1. The Bertz CT molecular complexity index is 264. The standard InChI is InChI=1S/C10H15NO4/c1-2-3-4-9(12)11-5-6-15-8(7-11)10(13)14/h2,8H,1,3-7H2,(H,13,14). The molecule has 1 heterocycles. The highest BCUT2D eigenvalue weighted by atomic mass is 16.5. The third-order valence-electron chi connectivity index (χ3n) is 2.26. The summed E-state index contributed by atoms with van der Waals surface area (Å²) in [6.07, 6.45) is 1.79. The lowest BCUT2D eigenvalue weighted by Crippen LogP contribution is -2.48. The van der Waals surface area contributed by atoms with Crippen molar-refractivity contribution in [3.8, 4) is 0 Å². The monoisotopic (exact) mass is 213 g/mol. The third-order valence-corrected chi connectivity index (χ3v) is 2.26. The topological polar surface area (TPSA) is 66.8 Å². The van der Waals surface area contributed by atoms with Crippen LogP contribution in [0.15, 0.2) is 12.7 Å². The first-order valence-corrected chi connectivity index (χ1v) is 4.88. The smallest absolute Gasteiger partial charge is 0.334 e. The van der Waals surface area contributed by atoms with Gasteiger partial charge in [-0.05, 0) is 6.42 Å². The maximum atomic E-state index is 11.6. The lowest BCUT2D eigenvalue weighted by atomic mass is 10.2. The molecule has 0 spiro atoms. The molecular formula is C10H15NO4. The van der Waals surface area contributed by atoms with E-state index in [4.69, 9.17) is 9.84 Å². The highest BCUT2D eigenvalue weighted by molar-refractivity contribution is 5.78. The molecule has 1 amide bonds. The van der Waals surface area contributed by atoms with Crippen LogP contribution in [-0.2, 0) is 14.3 Å². The van der Waals surface area contributed by atoms with Crippen LogP contribution in [0.4, 0.5) is 0 Å². The molecule has 5 heteroatoms. The number of carbonyl (C=O) groups excluding carboxylic acids is 1. The fraction of sp³-hybridized carbons (Fsp3) is 0.600. The molecule has 0 aromatic carbocycles. The maximum Gasteiger partial charge on any atom is 0.334 e. The van der Waals surface area contributed by atoms with Crippen molar-refractivity contribution in [3.63, 3.8) is 0 Å². The fourth-order valence-corrected chi connectivity index (χ4v) is 1.41. The molecule has 1 aliphatic rings. The largest absolute Gasteiger partial charge is 0.479 e. The zero-order chi connectivity index (χ0) is 11.3. The van der Waals surface area contributed by atoms with Gasteiger partial charge in [-0.1, -0.05) is 6.08 Å². The zero-order valence-corrected chi connectivity index (χ0v) is 8.52. The Hall–Kier alpha value is -1.36. The molecule has 0 saturated carbocycles. The molecular weight excluding hydrogens is 198 g/mol. The molecule has 1 N–H and O–H groups in total. The van der Waals surface area contributed by atoms with E-state index in [0.717, 1.165) is 0 Å². The Balaban J connectivity index is 2.44. The molecule has 5 nitrogen and oxygen atoms in total. The first-order chi connectivity index (χ1) is 7.15. The molecule has 1 rings (SSSR count). The zero-order valence-electron chi connectivity index (χ0n) is 8.52. The summed E-state index contributed by atoms with van der Waals surface area (Å²) in [5.74, 6) is -1.05. The number of amides is 1. The second-order valence-electron chi connectivity index (χ2n) is 3.36. The van der Waals surface area contributed by atoms with E-state index < -0.39 is 12.1 Å². The number of ether oxygens (including phenoxy) is 1. The number of nitrogens with zero attached hydrogens (tertiary/aromatic N) is 1. The van der Waals surface area contributed by atoms with Gasteiger partial charge in [-0.15, -0.1) is 6.58 Å². The van der Waals surface area contributed by atoms with Gasteiger partial charge >= 0.3 is 5.97 Å². The highest BCUT2D eigenvalue weighted by Crippen LogP contribution is 2.08. The summed E-state index contributed by atoms with van der Waals surface area (Å²) in [5.41, 5.74) is 0. The third kappa shape index (κ3) is 3.36. The number of carbonyl (C=O) groups is 2. The van der Waals surface area contributed by atoms with E-state index in [1.165, 1.54) is 4.90 Å². The van der Waals surface area contributed by atoms with Gasteiger partial charge in [-0.3, -0.25) is 4.79 Å². The van der Waals surface area contributed by atoms with E-state index in [2.05, 4.69) is 6.58 Å². The molecule has 0 aliphatic carbocycles. The summed E-state index contributed by atoms with van der Waals surface area (Å²) in [6, 6.07) is 0. The van der Waals surface area contributed by atoms with Crippen molar-refractivity contribution in [1.82, 2.24) is 4.90 Å². The summed E-state index contributed by atoms with van der Waals surface area (Å²) in [6.45, 7) is 4.44. The van der Waals surface area contributed by atoms with E-state index in [0.29, 0.717) is 19.4 Å². The minimum atomic E-state index is -1.02. The van der Waals surface area contributed by atoms with Gasteiger partial charge in [0.25, 0.3) is 0 Å². The summed E-state index contributed by atoms with van der Waals surface area (Å²) in [5, 5.41) is 8.73. The van der Waals surface area contributed by atoms with Gasteiger partial charge in [-0.25, -0.2) is 4.79 Å². The van der Waals surface area contributed by atoms with Crippen molar-refractivity contribution in [2.45, 2.75) is 18.9 Å². The van der Waals surface area contributed by atoms with Gasteiger partial charge in [-0.2, -0.15) is 0 Å². The lowest BCUT2D eigenvalue weighted by molar-refractivity contribution is -0.159. The number of hydrogen-bond donors (Lipinski definition) is 1. The van der Waals surface area contributed by atoms with Crippen LogP contribution in [-0.4, -0.2) is 47.7 Å². The number of aliphatic carboxylic acids is 1. The van der Waals surface area contributed by atoms with E-state index in [-0.39, 0.29) is 19.1 Å². The fourth-order valence-electron chi connectivity index (χ4n) is 1.41. The van der Waals surface area contributed by atoms with Gasteiger partial charge in [0, 0.05) is 13.0 Å². The van der Waals surface area contributed by atoms with Gasteiger partial charge in [0.1, 0.15) is 0 Å². The van der Waals surface area contributed by atoms with E-state index in [1.54, 1.807) is 6.08 Å². The Morgan fingerprint density at radius 3 is 2.93 bits per heavy atom. The van der Waals surface area contributed by atoms with Crippen LogP contribution >= 0.6 is 0 Å². The molecule has 1 aliphatic heterocycles. The number of allylic oxidation sites excluding steroid dienone is 1. The Labute approximate surface area is 88.3 Å². The van der Waals surface area contributed by atoms with E-state index >= 15 is 0 Å². The average molecular weight is 213 g/mol. The number of carboxylic acids is 1. The van der Waals surface area contributed by atoms with Crippen molar-refractivity contribution in [2.75, 3.05) is 19.7 Å². The number of rotatable bonds is 4. The average Bonchev–Trinajstić information content (AvgIpc) is 2.26. The van der Waals surface area contributed by atoms with Gasteiger partial charge in [0.15, 0.2) is 6.10 Å². The van der Waals surface area contributed by atoms with Crippen LogP contribution in [0.2, 0.25) is 0 Å². The van der Waals surface area contributed by atoms with Crippen molar-refractivity contribution >= 4 is 11.9 Å². The van der Waals surface area contributed by atoms with Gasteiger partial charge in [0.05, 0.1) is 13.2 Å². The predicted octanol–water partition coefficient (Wildman–Crippen LogP) is 0.265. The minimum Gasteiger partial charge on any atom is -0.479 e. The molecule has 1 unspecified atom stereocenters. The molecule has 1 fully saturated rings. The second kappa shape index (κ2) is 5.50. The summed E-state index contributed by atoms with van der Waals surface area (Å²) in [4.78, 5) is 23.7. The summed E-state index contributed by atoms with van der Waals surface area (Å²) < 4.78 is 5.01. The molecule has 1 saturated heterocycles. The van der Waals surface area contributed by atoms with Crippen LogP contribution in [0.5, 0.6) is 0 Å². The van der Waals surface area contributed by atoms with Crippen LogP contribution in [0, 0.1) is 0 Å². The van der Waals surface area contributed by atoms with E-state index in [1.807, 2.05) is 0 Å².